The van der Waals surface area contributed by atoms with Gasteiger partial charge in [0.25, 0.3) is 5.91 Å². The SMILES string of the molecule is COc1cc(CNC(C)C)ccc1OCC(=O)Nc1ccc(C)cc1.Cl. The van der Waals surface area contributed by atoms with Crippen molar-refractivity contribution in [3.63, 3.8) is 0 Å². The first-order valence-electron chi connectivity index (χ1n) is 8.37. The summed E-state index contributed by atoms with van der Waals surface area (Å²) >= 11 is 0. The number of anilines is 1. The lowest BCUT2D eigenvalue weighted by molar-refractivity contribution is -0.118. The molecule has 0 aliphatic heterocycles. The van der Waals surface area contributed by atoms with Gasteiger partial charge in [-0.15, -0.1) is 12.4 Å². The number of rotatable bonds is 8. The zero-order chi connectivity index (χ0) is 18.2. The zero-order valence-corrected chi connectivity index (χ0v) is 16.5. The average Bonchev–Trinajstić information content (AvgIpc) is 2.60. The minimum atomic E-state index is -0.212. The first-order valence-corrected chi connectivity index (χ1v) is 8.37. The third-order valence-corrected chi connectivity index (χ3v) is 3.64. The lowest BCUT2D eigenvalue weighted by Gasteiger charge is -2.13. The van der Waals surface area contributed by atoms with Crippen LogP contribution >= 0.6 is 12.4 Å². The van der Waals surface area contributed by atoms with Gasteiger partial charge in [-0.1, -0.05) is 37.6 Å². The van der Waals surface area contributed by atoms with Gasteiger partial charge in [-0.25, -0.2) is 0 Å². The van der Waals surface area contributed by atoms with E-state index in [2.05, 4.69) is 24.5 Å². The molecule has 0 saturated heterocycles. The Bertz CT molecular complexity index is 703. The van der Waals surface area contributed by atoms with Gasteiger partial charge in [0.15, 0.2) is 18.1 Å². The maximum absolute atomic E-state index is 12.0. The smallest absolute Gasteiger partial charge is 0.262 e. The summed E-state index contributed by atoms with van der Waals surface area (Å²) in [6, 6.07) is 13.7. The molecule has 0 saturated carbocycles. The molecule has 0 radical (unpaired) electrons. The molecule has 2 aromatic carbocycles. The molecule has 0 aromatic heterocycles. The molecule has 142 valence electrons. The summed E-state index contributed by atoms with van der Waals surface area (Å²) in [5.74, 6) is 0.956. The Hall–Kier alpha value is -2.24. The average molecular weight is 379 g/mol. The molecule has 5 nitrogen and oxygen atoms in total. The van der Waals surface area contributed by atoms with Gasteiger partial charge in [0.2, 0.25) is 0 Å². The Morgan fingerprint density at radius 1 is 1.08 bits per heavy atom. The molecule has 2 aromatic rings. The minimum absolute atomic E-state index is 0. The first kappa shape index (κ1) is 21.8. The van der Waals surface area contributed by atoms with Crippen molar-refractivity contribution in [3.8, 4) is 11.5 Å². The van der Waals surface area contributed by atoms with Crippen molar-refractivity contribution in [1.29, 1.82) is 0 Å². The summed E-state index contributed by atoms with van der Waals surface area (Å²) in [6.07, 6.45) is 0. The highest BCUT2D eigenvalue weighted by Gasteiger charge is 2.09. The molecule has 1 amide bonds. The normalized spacial score (nSPS) is 10.2. The highest BCUT2D eigenvalue weighted by atomic mass is 35.5. The molecule has 2 N–H and O–H groups in total. The van der Waals surface area contributed by atoms with E-state index in [1.807, 2.05) is 49.4 Å². The van der Waals surface area contributed by atoms with Crippen LogP contribution < -0.4 is 20.1 Å². The number of halogens is 1. The van der Waals surface area contributed by atoms with Crippen LogP contribution in [0.2, 0.25) is 0 Å². The van der Waals surface area contributed by atoms with E-state index in [-0.39, 0.29) is 24.9 Å². The van der Waals surface area contributed by atoms with E-state index < -0.39 is 0 Å². The summed E-state index contributed by atoms with van der Waals surface area (Å²) < 4.78 is 11.0. The Kier molecular flexibility index (Phi) is 8.96. The van der Waals surface area contributed by atoms with E-state index in [9.17, 15) is 4.79 Å². The monoisotopic (exact) mass is 378 g/mol. The number of ether oxygens (including phenoxy) is 2. The first-order chi connectivity index (χ1) is 12.0. The van der Waals surface area contributed by atoms with Gasteiger partial charge in [0, 0.05) is 18.3 Å². The van der Waals surface area contributed by atoms with Crippen LogP contribution in [0, 0.1) is 6.92 Å². The van der Waals surface area contributed by atoms with E-state index in [4.69, 9.17) is 9.47 Å². The fourth-order valence-corrected chi connectivity index (χ4v) is 2.24. The number of carbonyl (C=O) groups excluding carboxylic acids is 1. The lowest BCUT2D eigenvalue weighted by Crippen LogP contribution is -2.22. The van der Waals surface area contributed by atoms with Gasteiger partial charge < -0.3 is 20.1 Å². The van der Waals surface area contributed by atoms with Gasteiger partial charge in [-0.05, 0) is 36.8 Å². The van der Waals surface area contributed by atoms with Crippen molar-refractivity contribution < 1.29 is 14.3 Å². The summed E-state index contributed by atoms with van der Waals surface area (Å²) in [7, 11) is 1.59. The maximum atomic E-state index is 12.0. The number of aryl methyl sites for hydroxylation is 1. The predicted octanol–water partition coefficient (Wildman–Crippen LogP) is 3.94. The number of benzene rings is 2. The van der Waals surface area contributed by atoms with Crippen LogP contribution in [0.3, 0.4) is 0 Å². The number of hydrogen-bond donors (Lipinski definition) is 2. The molecule has 0 aliphatic carbocycles. The molecule has 6 heteroatoms. The van der Waals surface area contributed by atoms with E-state index in [0.29, 0.717) is 17.5 Å². The van der Waals surface area contributed by atoms with Gasteiger partial charge >= 0.3 is 0 Å². The largest absolute Gasteiger partial charge is 0.493 e. The standard InChI is InChI=1S/C20H26N2O3.ClH/c1-14(2)21-12-16-7-10-18(19(11-16)24-4)25-13-20(23)22-17-8-5-15(3)6-9-17;/h5-11,14,21H,12-13H2,1-4H3,(H,22,23);1H. The van der Waals surface area contributed by atoms with Crippen LogP contribution in [-0.2, 0) is 11.3 Å². The molecule has 0 atom stereocenters. The molecule has 0 fully saturated rings. The lowest BCUT2D eigenvalue weighted by atomic mass is 10.2. The highest BCUT2D eigenvalue weighted by molar-refractivity contribution is 5.91. The minimum Gasteiger partial charge on any atom is -0.493 e. The predicted molar refractivity (Wildman–Crippen MR) is 108 cm³/mol. The summed E-state index contributed by atoms with van der Waals surface area (Å²) in [6.45, 7) is 6.88. The van der Waals surface area contributed by atoms with Gasteiger partial charge in [-0.2, -0.15) is 0 Å². The molecule has 2 rings (SSSR count). The van der Waals surface area contributed by atoms with E-state index in [0.717, 1.165) is 23.4 Å². The Morgan fingerprint density at radius 2 is 1.77 bits per heavy atom. The third kappa shape index (κ3) is 6.94. The van der Waals surface area contributed by atoms with Crippen molar-refractivity contribution in [3.05, 3.63) is 53.6 Å². The molecule has 0 heterocycles. The van der Waals surface area contributed by atoms with Crippen molar-refractivity contribution in [2.45, 2.75) is 33.4 Å². The molecule has 0 spiro atoms. The Morgan fingerprint density at radius 3 is 2.38 bits per heavy atom. The molecule has 26 heavy (non-hydrogen) atoms. The van der Waals surface area contributed by atoms with Crippen LogP contribution in [0.4, 0.5) is 5.69 Å². The van der Waals surface area contributed by atoms with Crippen LogP contribution in [0.25, 0.3) is 0 Å². The van der Waals surface area contributed by atoms with E-state index in [1.54, 1.807) is 7.11 Å². The quantitative estimate of drug-likeness (QED) is 0.730. The van der Waals surface area contributed by atoms with Crippen molar-refractivity contribution in [1.82, 2.24) is 5.32 Å². The molecule has 0 unspecified atom stereocenters. The van der Waals surface area contributed by atoms with Crippen LogP contribution in [0.1, 0.15) is 25.0 Å². The van der Waals surface area contributed by atoms with Crippen molar-refractivity contribution in [2.24, 2.45) is 0 Å². The van der Waals surface area contributed by atoms with Crippen molar-refractivity contribution in [2.75, 3.05) is 19.0 Å². The summed E-state index contributed by atoms with van der Waals surface area (Å²) in [4.78, 5) is 12.0. The fraction of sp³-hybridized carbons (Fsp3) is 0.350. The Labute approximate surface area is 161 Å². The van der Waals surface area contributed by atoms with Crippen LogP contribution in [-0.4, -0.2) is 25.7 Å². The summed E-state index contributed by atoms with van der Waals surface area (Å²) in [5, 5.41) is 6.16. The number of carbonyl (C=O) groups is 1. The molecular weight excluding hydrogens is 352 g/mol. The number of hydrogen-bond acceptors (Lipinski definition) is 4. The fourth-order valence-electron chi connectivity index (χ4n) is 2.24. The maximum Gasteiger partial charge on any atom is 0.262 e. The van der Waals surface area contributed by atoms with E-state index in [1.165, 1.54) is 0 Å². The topological polar surface area (TPSA) is 59.6 Å². The van der Waals surface area contributed by atoms with Gasteiger partial charge in [-0.3, -0.25) is 4.79 Å². The van der Waals surface area contributed by atoms with Crippen LogP contribution in [0.15, 0.2) is 42.5 Å². The number of nitrogens with one attached hydrogen (secondary N) is 2. The van der Waals surface area contributed by atoms with E-state index >= 15 is 0 Å². The van der Waals surface area contributed by atoms with Gasteiger partial charge in [0.05, 0.1) is 7.11 Å². The second-order valence-corrected chi connectivity index (χ2v) is 6.22. The van der Waals surface area contributed by atoms with Crippen molar-refractivity contribution >= 4 is 24.0 Å². The molecular formula is C20H27ClN2O3. The second kappa shape index (κ2) is 10.7. The highest BCUT2D eigenvalue weighted by Crippen LogP contribution is 2.28. The molecule has 0 aliphatic rings. The molecule has 0 bridgehead atoms. The summed E-state index contributed by atoms with van der Waals surface area (Å²) in [5.41, 5.74) is 2.99. The van der Waals surface area contributed by atoms with Gasteiger partial charge in [0.1, 0.15) is 0 Å². The number of amides is 1. The van der Waals surface area contributed by atoms with Crippen LogP contribution in [0.5, 0.6) is 11.5 Å². The Balaban J connectivity index is 0.00000338. The third-order valence-electron chi connectivity index (χ3n) is 3.64. The number of methoxy groups -OCH3 is 1. The second-order valence-electron chi connectivity index (χ2n) is 6.22. The zero-order valence-electron chi connectivity index (χ0n) is 15.7.